The van der Waals surface area contributed by atoms with E-state index < -0.39 is 6.04 Å². The number of aromatic nitrogens is 1. The topological polar surface area (TPSA) is 72.6 Å². The number of methoxy groups -OCH3 is 1. The number of anilines is 1. The molecule has 6 rings (SSSR count). The molecule has 0 spiro atoms. The third-order valence-electron chi connectivity index (χ3n) is 5.68. The summed E-state index contributed by atoms with van der Waals surface area (Å²) in [5, 5.41) is 0.956. The predicted octanol–water partition coefficient (Wildman–Crippen LogP) is 5.16. The second kappa shape index (κ2) is 7.03. The van der Waals surface area contributed by atoms with E-state index in [4.69, 9.17) is 14.1 Å². The van der Waals surface area contributed by atoms with Gasteiger partial charge in [0.2, 0.25) is 5.76 Å². The second-order valence-electron chi connectivity index (χ2n) is 7.49. The van der Waals surface area contributed by atoms with Crippen molar-refractivity contribution < 1.29 is 13.9 Å². The molecule has 1 amide bonds. The minimum atomic E-state index is -0.623. The number of thiazole rings is 1. The molecule has 7 heteroatoms. The van der Waals surface area contributed by atoms with Crippen LogP contribution in [-0.2, 0) is 0 Å². The highest BCUT2D eigenvalue weighted by Crippen LogP contribution is 2.43. The number of hydrogen-bond donors (Lipinski definition) is 0. The van der Waals surface area contributed by atoms with Crippen molar-refractivity contribution in [3.05, 3.63) is 99.9 Å². The maximum atomic E-state index is 13.6. The van der Waals surface area contributed by atoms with Crippen LogP contribution in [0.3, 0.4) is 0 Å². The maximum Gasteiger partial charge on any atom is 0.297 e. The van der Waals surface area contributed by atoms with Crippen molar-refractivity contribution in [1.29, 1.82) is 0 Å². The van der Waals surface area contributed by atoms with E-state index in [-0.39, 0.29) is 17.1 Å². The van der Waals surface area contributed by atoms with Gasteiger partial charge in [0.25, 0.3) is 5.91 Å². The molecule has 1 aliphatic heterocycles. The Labute approximate surface area is 186 Å². The molecule has 1 atom stereocenters. The quantitative estimate of drug-likeness (QED) is 0.387. The molecule has 0 fully saturated rings. The number of benzene rings is 3. The lowest BCUT2D eigenvalue weighted by Crippen LogP contribution is -2.29. The van der Waals surface area contributed by atoms with Crippen molar-refractivity contribution in [3.8, 4) is 5.75 Å². The molecule has 156 valence electrons. The van der Waals surface area contributed by atoms with Crippen LogP contribution in [-0.4, -0.2) is 18.0 Å². The molecule has 32 heavy (non-hydrogen) atoms. The average Bonchev–Trinajstić information content (AvgIpc) is 3.38. The number of hydrogen-bond acceptors (Lipinski definition) is 6. The van der Waals surface area contributed by atoms with Crippen LogP contribution in [0.4, 0.5) is 5.13 Å². The molecule has 2 aromatic heterocycles. The van der Waals surface area contributed by atoms with E-state index in [1.807, 2.05) is 48.5 Å². The Morgan fingerprint density at radius 1 is 1.00 bits per heavy atom. The summed E-state index contributed by atoms with van der Waals surface area (Å²) in [5.41, 5.74) is 2.11. The summed E-state index contributed by atoms with van der Waals surface area (Å²) in [7, 11) is 1.61. The van der Waals surface area contributed by atoms with Crippen LogP contribution < -0.4 is 15.1 Å². The van der Waals surface area contributed by atoms with Gasteiger partial charge in [-0.05, 0) is 35.9 Å². The standard InChI is InChI=1S/C25H16N2O4S/c1-30-15-11-12-17-19(13-15)32-25(26-17)27-21(14-7-3-2-4-8-14)20-22(28)16-9-5-6-10-18(16)31-23(20)24(27)29/h2-13,21H,1H3. The number of carbonyl (C=O) groups excluding carboxylic acids is 1. The maximum absolute atomic E-state index is 13.6. The van der Waals surface area contributed by atoms with Gasteiger partial charge in [0.15, 0.2) is 10.6 Å². The SMILES string of the molecule is COc1ccc2nc(N3C(=O)c4oc5ccccc5c(=O)c4C3c3ccccc3)sc2c1. The molecular formula is C25H16N2O4S. The van der Waals surface area contributed by atoms with E-state index in [0.29, 0.717) is 27.4 Å². The van der Waals surface area contributed by atoms with Crippen LogP contribution in [0.25, 0.3) is 21.2 Å². The fourth-order valence-corrected chi connectivity index (χ4v) is 5.21. The number of fused-ring (bicyclic) bond motifs is 3. The Morgan fingerprint density at radius 2 is 1.78 bits per heavy atom. The molecule has 0 bridgehead atoms. The van der Waals surface area contributed by atoms with Gasteiger partial charge in [0, 0.05) is 0 Å². The predicted molar refractivity (Wildman–Crippen MR) is 124 cm³/mol. The minimum absolute atomic E-state index is 0.0689. The van der Waals surface area contributed by atoms with Gasteiger partial charge in [-0.1, -0.05) is 53.8 Å². The van der Waals surface area contributed by atoms with Gasteiger partial charge in [-0.25, -0.2) is 4.98 Å². The van der Waals surface area contributed by atoms with Crippen molar-refractivity contribution in [2.45, 2.75) is 6.04 Å². The van der Waals surface area contributed by atoms with Crippen LogP contribution in [0.2, 0.25) is 0 Å². The van der Waals surface area contributed by atoms with E-state index in [1.165, 1.54) is 11.3 Å². The van der Waals surface area contributed by atoms with Crippen LogP contribution in [0.1, 0.15) is 27.7 Å². The molecule has 3 heterocycles. The Hall–Kier alpha value is -3.97. The molecule has 0 aliphatic carbocycles. The number of ether oxygens (including phenoxy) is 1. The van der Waals surface area contributed by atoms with E-state index in [0.717, 1.165) is 15.8 Å². The van der Waals surface area contributed by atoms with Crippen molar-refractivity contribution in [3.63, 3.8) is 0 Å². The van der Waals surface area contributed by atoms with Crippen molar-refractivity contribution in [2.24, 2.45) is 0 Å². The highest BCUT2D eigenvalue weighted by molar-refractivity contribution is 7.22. The number of amides is 1. The van der Waals surface area contributed by atoms with Gasteiger partial charge >= 0.3 is 0 Å². The minimum Gasteiger partial charge on any atom is -0.497 e. The first-order valence-corrected chi connectivity index (χ1v) is 10.9. The fraction of sp³-hybridized carbons (Fsp3) is 0.0800. The fourth-order valence-electron chi connectivity index (χ4n) is 4.19. The third-order valence-corrected chi connectivity index (χ3v) is 6.70. The van der Waals surface area contributed by atoms with Crippen molar-refractivity contribution in [2.75, 3.05) is 12.0 Å². The molecular weight excluding hydrogens is 424 g/mol. The number of rotatable bonds is 3. The molecule has 3 aromatic carbocycles. The molecule has 0 saturated carbocycles. The lowest BCUT2D eigenvalue weighted by Gasteiger charge is -2.22. The first-order chi connectivity index (χ1) is 15.7. The van der Waals surface area contributed by atoms with Gasteiger partial charge < -0.3 is 9.15 Å². The lowest BCUT2D eigenvalue weighted by molar-refractivity contribution is 0.0971. The van der Waals surface area contributed by atoms with Crippen LogP contribution in [0, 0.1) is 0 Å². The highest BCUT2D eigenvalue weighted by atomic mass is 32.1. The summed E-state index contributed by atoms with van der Waals surface area (Å²) in [4.78, 5) is 33.4. The van der Waals surface area contributed by atoms with Gasteiger partial charge in [-0.2, -0.15) is 0 Å². The zero-order valence-corrected chi connectivity index (χ0v) is 17.8. The van der Waals surface area contributed by atoms with Crippen molar-refractivity contribution >= 4 is 43.6 Å². The Morgan fingerprint density at radius 3 is 2.59 bits per heavy atom. The number of para-hydroxylation sites is 1. The van der Waals surface area contributed by atoms with Crippen LogP contribution in [0.5, 0.6) is 5.75 Å². The zero-order valence-electron chi connectivity index (χ0n) is 16.9. The van der Waals surface area contributed by atoms with Gasteiger partial charge in [-0.15, -0.1) is 0 Å². The number of nitrogens with zero attached hydrogens (tertiary/aromatic N) is 2. The summed E-state index contributed by atoms with van der Waals surface area (Å²) in [6.07, 6.45) is 0. The summed E-state index contributed by atoms with van der Waals surface area (Å²) in [5.74, 6) is 0.411. The monoisotopic (exact) mass is 440 g/mol. The first-order valence-electron chi connectivity index (χ1n) is 10.0. The molecule has 5 aromatic rings. The molecule has 0 saturated heterocycles. The summed E-state index contributed by atoms with van der Waals surface area (Å²) < 4.78 is 12.2. The Balaban J connectivity index is 1.62. The normalized spacial score (nSPS) is 15.5. The summed E-state index contributed by atoms with van der Waals surface area (Å²) >= 11 is 1.38. The van der Waals surface area contributed by atoms with Gasteiger partial charge in [0.05, 0.1) is 34.3 Å². The highest BCUT2D eigenvalue weighted by Gasteiger charge is 2.44. The average molecular weight is 440 g/mol. The Bertz CT molecular complexity index is 1570. The zero-order chi connectivity index (χ0) is 21.8. The molecule has 1 aliphatic rings. The molecule has 0 radical (unpaired) electrons. The third kappa shape index (κ3) is 2.68. The van der Waals surface area contributed by atoms with E-state index >= 15 is 0 Å². The smallest absolute Gasteiger partial charge is 0.297 e. The number of carbonyl (C=O) groups is 1. The van der Waals surface area contributed by atoms with Crippen molar-refractivity contribution in [1.82, 2.24) is 4.98 Å². The van der Waals surface area contributed by atoms with E-state index in [1.54, 1.807) is 36.3 Å². The summed E-state index contributed by atoms with van der Waals surface area (Å²) in [6.45, 7) is 0. The second-order valence-corrected chi connectivity index (χ2v) is 8.50. The lowest BCUT2D eigenvalue weighted by atomic mass is 9.99. The van der Waals surface area contributed by atoms with E-state index in [2.05, 4.69) is 0 Å². The van der Waals surface area contributed by atoms with Crippen LogP contribution >= 0.6 is 11.3 Å². The summed E-state index contributed by atoms with van der Waals surface area (Å²) in [6, 6.07) is 21.5. The largest absolute Gasteiger partial charge is 0.497 e. The van der Waals surface area contributed by atoms with Gasteiger partial charge in [-0.3, -0.25) is 14.5 Å². The van der Waals surface area contributed by atoms with Crippen LogP contribution in [0.15, 0.2) is 82.0 Å². The Kier molecular flexibility index (Phi) is 4.13. The molecule has 1 unspecified atom stereocenters. The van der Waals surface area contributed by atoms with E-state index in [9.17, 15) is 9.59 Å². The van der Waals surface area contributed by atoms with Gasteiger partial charge in [0.1, 0.15) is 11.3 Å². The first kappa shape index (κ1) is 18.8. The molecule has 6 nitrogen and oxygen atoms in total. The molecule has 0 N–H and O–H groups in total.